The van der Waals surface area contributed by atoms with E-state index in [2.05, 4.69) is 14.9 Å². The first kappa shape index (κ1) is 12.6. The fourth-order valence-corrected chi connectivity index (χ4v) is 2.75. The van der Waals surface area contributed by atoms with Gasteiger partial charge in [-0.15, -0.1) is 0 Å². The van der Waals surface area contributed by atoms with Gasteiger partial charge in [0.2, 0.25) is 0 Å². The van der Waals surface area contributed by atoms with Gasteiger partial charge < -0.3 is 14.4 Å². The minimum atomic E-state index is 0.110. The summed E-state index contributed by atoms with van der Waals surface area (Å²) in [5.41, 5.74) is 2.38. The van der Waals surface area contributed by atoms with Crippen LogP contribution in [0.1, 0.15) is 12.8 Å². The van der Waals surface area contributed by atoms with Crippen LogP contribution in [0.4, 0.5) is 5.82 Å². The maximum Gasteiger partial charge on any atom is 0.196 e. The molecule has 1 saturated carbocycles. The van der Waals surface area contributed by atoms with Crippen molar-refractivity contribution in [3.63, 3.8) is 0 Å². The molecule has 1 aliphatic carbocycles. The molecule has 1 aliphatic rings. The summed E-state index contributed by atoms with van der Waals surface area (Å²) in [6, 6.07) is 7.88. The van der Waals surface area contributed by atoms with Crippen molar-refractivity contribution >= 4 is 27.9 Å². The Labute approximate surface area is 122 Å². The number of anilines is 1. The first-order valence-corrected chi connectivity index (χ1v) is 7.35. The predicted molar refractivity (Wildman–Crippen MR) is 81.3 cm³/mol. The highest BCUT2D eigenvalue weighted by atomic mass is 16.3. The van der Waals surface area contributed by atoms with E-state index in [9.17, 15) is 5.11 Å². The fourth-order valence-electron chi connectivity index (χ4n) is 2.75. The van der Waals surface area contributed by atoms with Crippen molar-refractivity contribution in [2.75, 3.05) is 24.6 Å². The van der Waals surface area contributed by atoms with Crippen molar-refractivity contribution in [2.45, 2.75) is 12.8 Å². The Hall–Kier alpha value is -2.14. The van der Waals surface area contributed by atoms with E-state index >= 15 is 0 Å². The maximum absolute atomic E-state index is 9.33. The van der Waals surface area contributed by atoms with Crippen molar-refractivity contribution in [1.82, 2.24) is 9.97 Å². The van der Waals surface area contributed by atoms with E-state index < -0.39 is 0 Å². The lowest BCUT2D eigenvalue weighted by Crippen LogP contribution is -2.29. The van der Waals surface area contributed by atoms with Crippen molar-refractivity contribution in [3.05, 3.63) is 30.6 Å². The van der Waals surface area contributed by atoms with Gasteiger partial charge in [0.25, 0.3) is 0 Å². The summed E-state index contributed by atoms with van der Waals surface area (Å²) >= 11 is 0. The Balaban J connectivity index is 1.86. The lowest BCUT2D eigenvalue weighted by molar-refractivity contribution is 0.301. The van der Waals surface area contributed by atoms with E-state index in [1.165, 1.54) is 12.8 Å². The van der Waals surface area contributed by atoms with E-state index in [1.807, 2.05) is 24.3 Å². The number of hydrogen-bond donors (Lipinski definition) is 1. The van der Waals surface area contributed by atoms with Crippen molar-refractivity contribution < 1.29 is 9.52 Å². The van der Waals surface area contributed by atoms with Gasteiger partial charge in [-0.3, -0.25) is 0 Å². The Bertz CT molecular complexity index is 779. The second-order valence-corrected chi connectivity index (χ2v) is 5.59. The van der Waals surface area contributed by atoms with Crippen molar-refractivity contribution in [2.24, 2.45) is 5.92 Å². The molecule has 5 heteroatoms. The summed E-state index contributed by atoms with van der Waals surface area (Å²) in [6.45, 7) is 1.60. The van der Waals surface area contributed by atoms with E-state index in [0.717, 1.165) is 28.8 Å². The minimum absolute atomic E-state index is 0.110. The van der Waals surface area contributed by atoms with Crippen LogP contribution < -0.4 is 4.90 Å². The van der Waals surface area contributed by atoms with Crippen LogP contribution in [-0.2, 0) is 0 Å². The first-order chi connectivity index (χ1) is 10.4. The highest BCUT2D eigenvalue weighted by molar-refractivity contribution is 6.05. The van der Waals surface area contributed by atoms with Crippen molar-refractivity contribution in [1.29, 1.82) is 0 Å². The number of aliphatic hydroxyl groups excluding tert-OH is 1. The lowest BCUT2D eigenvalue weighted by Gasteiger charge is -2.22. The summed E-state index contributed by atoms with van der Waals surface area (Å²) in [7, 11) is 0. The van der Waals surface area contributed by atoms with Crippen LogP contribution in [0, 0.1) is 5.92 Å². The average molecular weight is 283 g/mol. The summed E-state index contributed by atoms with van der Waals surface area (Å²) < 4.78 is 5.96. The fraction of sp³-hybridized carbons (Fsp3) is 0.375. The molecule has 2 aromatic heterocycles. The number of aromatic nitrogens is 2. The van der Waals surface area contributed by atoms with Gasteiger partial charge in [-0.25, -0.2) is 9.97 Å². The number of rotatable bonds is 5. The summed E-state index contributed by atoms with van der Waals surface area (Å²) in [5.74, 6) is 1.50. The van der Waals surface area contributed by atoms with Crippen LogP contribution in [0.5, 0.6) is 0 Å². The molecule has 0 radical (unpaired) electrons. The molecule has 0 bridgehead atoms. The number of furan rings is 1. The third-order valence-electron chi connectivity index (χ3n) is 3.98. The van der Waals surface area contributed by atoms with Crippen LogP contribution in [0.2, 0.25) is 0 Å². The molecule has 0 amide bonds. The van der Waals surface area contributed by atoms with Gasteiger partial charge in [0, 0.05) is 18.5 Å². The van der Waals surface area contributed by atoms with E-state index in [4.69, 9.17) is 4.42 Å². The molecule has 1 fully saturated rings. The second-order valence-electron chi connectivity index (χ2n) is 5.59. The van der Waals surface area contributed by atoms with Crippen LogP contribution in [-0.4, -0.2) is 34.8 Å². The molecule has 5 nitrogen and oxygen atoms in total. The highest BCUT2D eigenvalue weighted by Crippen LogP contribution is 2.35. The largest absolute Gasteiger partial charge is 0.450 e. The number of fused-ring (bicyclic) bond motifs is 3. The number of nitrogens with zero attached hydrogens (tertiary/aromatic N) is 3. The molecule has 2 heterocycles. The molecule has 21 heavy (non-hydrogen) atoms. The molecule has 1 N–H and O–H groups in total. The van der Waals surface area contributed by atoms with Gasteiger partial charge in [-0.1, -0.05) is 12.1 Å². The molecule has 3 aromatic rings. The van der Waals surface area contributed by atoms with Gasteiger partial charge in [-0.2, -0.15) is 0 Å². The number of benzene rings is 1. The summed E-state index contributed by atoms with van der Waals surface area (Å²) in [5, 5.41) is 10.3. The van der Waals surface area contributed by atoms with Gasteiger partial charge >= 0.3 is 0 Å². The Kier molecular flexibility index (Phi) is 3.00. The predicted octanol–water partition coefficient (Wildman–Crippen LogP) is 2.58. The zero-order valence-electron chi connectivity index (χ0n) is 11.7. The molecule has 0 aliphatic heterocycles. The third kappa shape index (κ3) is 2.23. The Morgan fingerprint density at radius 2 is 2.10 bits per heavy atom. The van der Waals surface area contributed by atoms with Crippen molar-refractivity contribution in [3.8, 4) is 0 Å². The molecule has 0 atom stereocenters. The zero-order valence-corrected chi connectivity index (χ0v) is 11.7. The monoisotopic (exact) mass is 283 g/mol. The average Bonchev–Trinajstić information content (AvgIpc) is 3.24. The standard InChI is InChI=1S/C16H17N3O2/c20-8-7-19(9-11-5-6-11)16-15-14(17-10-18-16)12-3-1-2-4-13(12)21-15/h1-4,10-11,20H,5-9H2. The minimum Gasteiger partial charge on any atom is -0.450 e. The van der Waals surface area contributed by atoms with Crippen LogP contribution >= 0.6 is 0 Å². The van der Waals surface area contributed by atoms with Crippen LogP contribution in [0.15, 0.2) is 35.0 Å². The van der Waals surface area contributed by atoms with Gasteiger partial charge in [0.05, 0.1) is 6.61 Å². The van der Waals surface area contributed by atoms with E-state index in [1.54, 1.807) is 6.33 Å². The number of para-hydroxylation sites is 1. The smallest absolute Gasteiger partial charge is 0.196 e. The molecular weight excluding hydrogens is 266 g/mol. The molecule has 4 rings (SSSR count). The Morgan fingerprint density at radius 1 is 1.24 bits per heavy atom. The quantitative estimate of drug-likeness (QED) is 0.779. The third-order valence-corrected chi connectivity index (χ3v) is 3.98. The summed E-state index contributed by atoms with van der Waals surface area (Å²) in [4.78, 5) is 10.9. The van der Waals surface area contributed by atoms with E-state index in [0.29, 0.717) is 18.0 Å². The van der Waals surface area contributed by atoms with Crippen LogP contribution in [0.25, 0.3) is 22.1 Å². The zero-order chi connectivity index (χ0) is 14.2. The van der Waals surface area contributed by atoms with Gasteiger partial charge in [-0.05, 0) is 30.9 Å². The van der Waals surface area contributed by atoms with Gasteiger partial charge in [0.1, 0.15) is 17.4 Å². The van der Waals surface area contributed by atoms with E-state index in [-0.39, 0.29) is 6.61 Å². The molecule has 1 aromatic carbocycles. The van der Waals surface area contributed by atoms with Crippen LogP contribution in [0.3, 0.4) is 0 Å². The highest BCUT2D eigenvalue weighted by Gasteiger charge is 2.26. The molecule has 0 unspecified atom stereocenters. The SMILES string of the molecule is OCCN(CC1CC1)c1ncnc2c1oc1ccccc12. The summed E-state index contributed by atoms with van der Waals surface area (Å²) in [6.07, 6.45) is 4.10. The Morgan fingerprint density at radius 3 is 2.90 bits per heavy atom. The number of hydrogen-bond acceptors (Lipinski definition) is 5. The maximum atomic E-state index is 9.33. The second kappa shape index (κ2) is 5.00. The van der Waals surface area contributed by atoms with Gasteiger partial charge in [0.15, 0.2) is 11.4 Å². The normalized spacial score (nSPS) is 14.9. The molecule has 108 valence electrons. The topological polar surface area (TPSA) is 62.4 Å². The molecule has 0 saturated heterocycles. The molecule has 0 spiro atoms. The first-order valence-electron chi connectivity index (χ1n) is 7.35. The lowest BCUT2D eigenvalue weighted by atomic mass is 10.2. The number of aliphatic hydroxyl groups is 1. The molecular formula is C16H17N3O2.